The largest absolute Gasteiger partial charge is 0.493 e. The van der Waals surface area contributed by atoms with E-state index in [1.165, 1.54) is 0 Å². The van der Waals surface area contributed by atoms with Crippen molar-refractivity contribution in [2.45, 2.75) is 6.61 Å². The topological polar surface area (TPSA) is 58.5 Å². The van der Waals surface area contributed by atoms with Crippen molar-refractivity contribution < 1.29 is 23.8 Å². The monoisotopic (exact) mass is 349 g/mol. The van der Waals surface area contributed by atoms with Gasteiger partial charge in [0.05, 0.1) is 25.5 Å². The molecule has 0 radical (unpaired) electrons. The first-order valence-electron chi connectivity index (χ1n) is 7.16. The van der Waals surface area contributed by atoms with Crippen LogP contribution in [0.15, 0.2) is 35.5 Å². The van der Waals surface area contributed by atoms with Crippen molar-refractivity contribution in [2.75, 3.05) is 21.0 Å². The normalized spacial score (nSPS) is 12.5. The van der Waals surface area contributed by atoms with Gasteiger partial charge in [-0.3, -0.25) is 0 Å². The van der Waals surface area contributed by atoms with Crippen LogP contribution in [0.25, 0.3) is 0 Å². The molecule has 1 aliphatic rings. The van der Waals surface area contributed by atoms with E-state index in [4.69, 9.17) is 35.4 Å². The van der Waals surface area contributed by atoms with Crippen LogP contribution >= 0.6 is 11.6 Å². The third kappa shape index (κ3) is 3.49. The van der Waals surface area contributed by atoms with E-state index in [0.29, 0.717) is 28.0 Å². The number of ether oxygens (including phenoxy) is 4. The fourth-order valence-corrected chi connectivity index (χ4v) is 2.53. The Bertz CT molecular complexity index is 763. The zero-order valence-corrected chi connectivity index (χ0v) is 14.0. The Kier molecular flexibility index (Phi) is 4.96. The van der Waals surface area contributed by atoms with Crippen molar-refractivity contribution in [2.24, 2.45) is 5.16 Å². The summed E-state index contributed by atoms with van der Waals surface area (Å²) < 4.78 is 21.0. The number of oxime groups is 1. The molecular formula is C17H16ClNO5. The standard InChI is InChI=1S/C17H16ClNO5/c1-20-14-4-3-11(6-15(14)21-2)8-19-24-9-12-5-13(18)17-16(7-12)22-10-23-17/h3-8H,9-10H2,1-2H3. The molecule has 0 atom stereocenters. The van der Waals surface area contributed by atoms with Crippen LogP contribution in [0.5, 0.6) is 23.0 Å². The second-order valence-corrected chi connectivity index (χ2v) is 5.34. The van der Waals surface area contributed by atoms with Gasteiger partial charge in [0.25, 0.3) is 0 Å². The third-order valence-corrected chi connectivity index (χ3v) is 3.68. The van der Waals surface area contributed by atoms with Crippen LogP contribution in [-0.2, 0) is 11.4 Å². The van der Waals surface area contributed by atoms with Crippen LogP contribution < -0.4 is 18.9 Å². The third-order valence-electron chi connectivity index (χ3n) is 3.40. The molecule has 7 heteroatoms. The molecule has 0 unspecified atom stereocenters. The van der Waals surface area contributed by atoms with Crippen LogP contribution in [0.2, 0.25) is 5.02 Å². The van der Waals surface area contributed by atoms with Gasteiger partial charge in [0, 0.05) is 5.56 Å². The molecule has 0 fully saturated rings. The number of rotatable bonds is 6. The number of halogens is 1. The fourth-order valence-electron chi connectivity index (χ4n) is 2.25. The fraction of sp³-hybridized carbons (Fsp3) is 0.235. The lowest BCUT2D eigenvalue weighted by atomic mass is 10.2. The molecule has 3 rings (SSSR count). The van der Waals surface area contributed by atoms with Gasteiger partial charge < -0.3 is 23.8 Å². The zero-order valence-electron chi connectivity index (χ0n) is 13.2. The molecule has 6 nitrogen and oxygen atoms in total. The van der Waals surface area contributed by atoms with E-state index in [9.17, 15) is 0 Å². The van der Waals surface area contributed by atoms with Crippen LogP contribution in [0, 0.1) is 0 Å². The Hall–Kier alpha value is -2.60. The number of methoxy groups -OCH3 is 2. The highest BCUT2D eigenvalue weighted by Crippen LogP contribution is 2.39. The summed E-state index contributed by atoms with van der Waals surface area (Å²) in [6.07, 6.45) is 1.59. The van der Waals surface area contributed by atoms with Crippen molar-refractivity contribution in [3.63, 3.8) is 0 Å². The highest BCUT2D eigenvalue weighted by Gasteiger charge is 2.18. The quantitative estimate of drug-likeness (QED) is 0.588. The number of benzene rings is 2. The van der Waals surface area contributed by atoms with E-state index in [-0.39, 0.29) is 13.4 Å². The van der Waals surface area contributed by atoms with Crippen LogP contribution in [-0.4, -0.2) is 27.2 Å². The SMILES string of the molecule is COc1ccc(C=NOCc2cc(Cl)c3c(c2)OCO3)cc1OC. The molecule has 0 aromatic heterocycles. The smallest absolute Gasteiger partial charge is 0.231 e. The van der Waals surface area contributed by atoms with Gasteiger partial charge in [-0.25, -0.2) is 0 Å². The molecule has 0 bridgehead atoms. The Morgan fingerprint density at radius 3 is 2.75 bits per heavy atom. The van der Waals surface area contributed by atoms with Gasteiger partial charge in [-0.2, -0.15) is 0 Å². The predicted octanol–water partition coefficient (Wildman–Crippen LogP) is 3.64. The Labute approximate surface area is 144 Å². The van der Waals surface area contributed by atoms with Gasteiger partial charge in [0.1, 0.15) is 6.61 Å². The summed E-state index contributed by atoms with van der Waals surface area (Å²) in [6.45, 7) is 0.441. The molecule has 0 spiro atoms. The van der Waals surface area contributed by atoms with E-state index >= 15 is 0 Å². The van der Waals surface area contributed by atoms with Crippen molar-refractivity contribution in [1.82, 2.24) is 0 Å². The molecule has 0 amide bonds. The van der Waals surface area contributed by atoms with Crippen molar-refractivity contribution in [3.05, 3.63) is 46.5 Å². The Balaban J connectivity index is 1.62. The Morgan fingerprint density at radius 2 is 1.96 bits per heavy atom. The highest BCUT2D eigenvalue weighted by atomic mass is 35.5. The maximum Gasteiger partial charge on any atom is 0.231 e. The van der Waals surface area contributed by atoms with Crippen molar-refractivity contribution in [3.8, 4) is 23.0 Å². The van der Waals surface area contributed by atoms with E-state index in [1.807, 2.05) is 18.2 Å². The van der Waals surface area contributed by atoms with E-state index in [1.54, 1.807) is 32.6 Å². The molecule has 0 saturated heterocycles. The number of hydrogen-bond donors (Lipinski definition) is 0. The number of fused-ring (bicyclic) bond motifs is 1. The van der Waals surface area contributed by atoms with Crippen molar-refractivity contribution in [1.29, 1.82) is 0 Å². The molecular weight excluding hydrogens is 334 g/mol. The molecule has 1 aliphatic heterocycles. The summed E-state index contributed by atoms with van der Waals surface area (Å²) in [6, 6.07) is 9.05. The molecule has 2 aromatic rings. The summed E-state index contributed by atoms with van der Waals surface area (Å²) in [7, 11) is 3.17. The van der Waals surface area contributed by atoms with E-state index < -0.39 is 0 Å². The van der Waals surface area contributed by atoms with Gasteiger partial charge in [-0.15, -0.1) is 0 Å². The molecule has 24 heavy (non-hydrogen) atoms. The maximum atomic E-state index is 6.12. The van der Waals surface area contributed by atoms with E-state index in [2.05, 4.69) is 5.16 Å². The van der Waals surface area contributed by atoms with Gasteiger partial charge in [-0.1, -0.05) is 16.8 Å². The summed E-state index contributed by atoms with van der Waals surface area (Å²) >= 11 is 6.12. The summed E-state index contributed by atoms with van der Waals surface area (Å²) in [5.74, 6) is 2.47. The first kappa shape index (κ1) is 16.3. The molecule has 1 heterocycles. The summed E-state index contributed by atoms with van der Waals surface area (Å²) in [5.41, 5.74) is 1.67. The minimum Gasteiger partial charge on any atom is -0.493 e. The average Bonchev–Trinajstić information content (AvgIpc) is 3.07. The number of hydrogen-bond acceptors (Lipinski definition) is 6. The molecule has 2 aromatic carbocycles. The maximum absolute atomic E-state index is 6.12. The first-order chi connectivity index (χ1) is 11.7. The van der Waals surface area contributed by atoms with Gasteiger partial charge in [0.2, 0.25) is 6.79 Å². The highest BCUT2D eigenvalue weighted by molar-refractivity contribution is 6.32. The van der Waals surface area contributed by atoms with Gasteiger partial charge in [0.15, 0.2) is 23.0 Å². The molecule has 0 aliphatic carbocycles. The molecule has 0 N–H and O–H groups in total. The minimum atomic E-state index is 0.177. The Morgan fingerprint density at radius 1 is 1.12 bits per heavy atom. The van der Waals surface area contributed by atoms with E-state index in [0.717, 1.165) is 11.1 Å². The molecule has 126 valence electrons. The number of nitrogens with zero attached hydrogens (tertiary/aromatic N) is 1. The van der Waals surface area contributed by atoms with Crippen LogP contribution in [0.4, 0.5) is 0 Å². The van der Waals surface area contributed by atoms with Crippen molar-refractivity contribution >= 4 is 17.8 Å². The second kappa shape index (κ2) is 7.31. The summed E-state index contributed by atoms with van der Waals surface area (Å²) in [4.78, 5) is 5.31. The van der Waals surface area contributed by atoms with Crippen LogP contribution in [0.3, 0.4) is 0 Å². The second-order valence-electron chi connectivity index (χ2n) is 4.93. The molecule has 0 saturated carbocycles. The lowest BCUT2D eigenvalue weighted by molar-refractivity contribution is 0.132. The average molecular weight is 350 g/mol. The lowest BCUT2D eigenvalue weighted by Gasteiger charge is -2.07. The summed E-state index contributed by atoms with van der Waals surface area (Å²) in [5, 5.41) is 4.45. The first-order valence-corrected chi connectivity index (χ1v) is 7.54. The van der Waals surface area contributed by atoms with Gasteiger partial charge in [-0.05, 0) is 35.9 Å². The van der Waals surface area contributed by atoms with Gasteiger partial charge >= 0.3 is 0 Å². The zero-order chi connectivity index (χ0) is 16.9. The minimum absolute atomic E-state index is 0.177. The predicted molar refractivity (Wildman–Crippen MR) is 89.5 cm³/mol. The van der Waals surface area contributed by atoms with Crippen LogP contribution in [0.1, 0.15) is 11.1 Å². The lowest BCUT2D eigenvalue weighted by Crippen LogP contribution is -1.93.